The van der Waals surface area contributed by atoms with Gasteiger partial charge in [-0.1, -0.05) is 22.9 Å². The monoisotopic (exact) mass is 285 g/mol. The molecule has 2 unspecified atom stereocenters. The second kappa shape index (κ2) is 8.38. The number of alkyl halides is 1. The summed E-state index contributed by atoms with van der Waals surface area (Å²) in [6.45, 7) is 3.03. The molecule has 1 N–H and O–H groups in total. The Morgan fingerprint density at radius 3 is 2.79 bits per heavy atom. The molecule has 0 saturated heterocycles. The number of halogens is 1. The van der Waals surface area contributed by atoms with Gasteiger partial charge in [-0.15, -0.1) is 0 Å². The average Bonchev–Trinajstić information content (AvgIpc) is 2.22. The minimum atomic E-state index is -0.748. The summed E-state index contributed by atoms with van der Waals surface area (Å²) in [6.07, 6.45) is 0. The number of ether oxygens (including phenoxy) is 1. The first-order chi connectivity index (χ1) is 6.61. The topological polar surface area (TPSA) is 55.4 Å². The van der Waals surface area contributed by atoms with Gasteiger partial charge in [0.15, 0.2) is 0 Å². The SMILES string of the molecule is CCS(=O)CCNCC(Br)C(=O)OC. The molecule has 0 aliphatic carbocycles. The van der Waals surface area contributed by atoms with E-state index in [2.05, 4.69) is 26.0 Å². The maximum absolute atomic E-state index is 11.0. The van der Waals surface area contributed by atoms with Gasteiger partial charge in [-0.2, -0.15) is 0 Å². The van der Waals surface area contributed by atoms with Gasteiger partial charge >= 0.3 is 5.97 Å². The van der Waals surface area contributed by atoms with E-state index in [-0.39, 0.29) is 10.8 Å². The van der Waals surface area contributed by atoms with Gasteiger partial charge in [0.1, 0.15) is 4.83 Å². The third-order valence-electron chi connectivity index (χ3n) is 1.61. The van der Waals surface area contributed by atoms with Crippen LogP contribution < -0.4 is 5.32 Å². The fourth-order valence-corrected chi connectivity index (χ4v) is 1.85. The van der Waals surface area contributed by atoms with Crippen LogP contribution in [-0.4, -0.2) is 46.7 Å². The first-order valence-corrected chi connectivity index (χ1v) is 6.79. The maximum atomic E-state index is 11.0. The lowest BCUT2D eigenvalue weighted by molar-refractivity contribution is -0.139. The van der Waals surface area contributed by atoms with Gasteiger partial charge in [0.25, 0.3) is 0 Å². The highest BCUT2D eigenvalue weighted by molar-refractivity contribution is 9.10. The van der Waals surface area contributed by atoms with Crippen molar-refractivity contribution in [2.24, 2.45) is 0 Å². The Morgan fingerprint density at radius 1 is 1.64 bits per heavy atom. The first kappa shape index (κ1) is 14.1. The van der Waals surface area contributed by atoms with Crippen molar-refractivity contribution in [2.45, 2.75) is 11.8 Å². The highest BCUT2D eigenvalue weighted by Gasteiger charge is 2.13. The van der Waals surface area contributed by atoms with E-state index in [0.29, 0.717) is 24.6 Å². The lowest BCUT2D eigenvalue weighted by Crippen LogP contribution is -2.32. The lowest BCUT2D eigenvalue weighted by Gasteiger charge is -2.08. The number of esters is 1. The number of hydrogen-bond acceptors (Lipinski definition) is 4. The van der Waals surface area contributed by atoms with Gasteiger partial charge in [0.2, 0.25) is 0 Å². The normalized spacial score (nSPS) is 14.8. The number of methoxy groups -OCH3 is 1. The summed E-state index contributed by atoms with van der Waals surface area (Å²) in [7, 11) is 0.602. The van der Waals surface area contributed by atoms with E-state index >= 15 is 0 Å². The Bertz CT molecular complexity index is 201. The number of nitrogens with one attached hydrogen (secondary N) is 1. The average molecular weight is 286 g/mol. The van der Waals surface area contributed by atoms with E-state index in [1.165, 1.54) is 7.11 Å². The molecule has 0 spiro atoms. The van der Waals surface area contributed by atoms with Crippen molar-refractivity contribution in [3.63, 3.8) is 0 Å². The Hall–Kier alpha value is 0.0600. The predicted molar refractivity (Wildman–Crippen MR) is 61.2 cm³/mol. The molecular formula is C8H16BrNO3S. The standard InChI is InChI=1S/C8H16BrNO3S/c1-3-14(12)5-4-10-6-7(9)8(11)13-2/h7,10H,3-6H2,1-2H3. The van der Waals surface area contributed by atoms with Crippen LogP contribution in [0.1, 0.15) is 6.92 Å². The first-order valence-electron chi connectivity index (χ1n) is 4.39. The van der Waals surface area contributed by atoms with E-state index in [4.69, 9.17) is 0 Å². The quantitative estimate of drug-likeness (QED) is 0.415. The Labute approximate surface area is 95.4 Å². The maximum Gasteiger partial charge on any atom is 0.320 e. The summed E-state index contributed by atoms with van der Waals surface area (Å²) >= 11 is 3.17. The summed E-state index contributed by atoms with van der Waals surface area (Å²) in [4.78, 5) is 10.6. The number of hydrogen-bond donors (Lipinski definition) is 1. The second-order valence-electron chi connectivity index (χ2n) is 2.63. The molecule has 6 heteroatoms. The Morgan fingerprint density at radius 2 is 2.29 bits per heavy atom. The zero-order valence-corrected chi connectivity index (χ0v) is 10.8. The molecule has 2 atom stereocenters. The van der Waals surface area contributed by atoms with Crippen LogP contribution in [0.5, 0.6) is 0 Å². The van der Waals surface area contributed by atoms with Crippen molar-refractivity contribution >= 4 is 32.7 Å². The summed E-state index contributed by atoms with van der Waals surface area (Å²) in [5.41, 5.74) is 0. The van der Waals surface area contributed by atoms with Crippen LogP contribution in [0.15, 0.2) is 0 Å². The van der Waals surface area contributed by atoms with Crippen molar-refractivity contribution in [3.05, 3.63) is 0 Å². The third-order valence-corrected chi connectivity index (χ3v) is 3.61. The molecule has 0 aromatic rings. The summed E-state index contributed by atoms with van der Waals surface area (Å²) in [6, 6.07) is 0. The fraction of sp³-hybridized carbons (Fsp3) is 0.875. The van der Waals surface area contributed by atoms with E-state index in [1.54, 1.807) is 0 Å². The summed E-state index contributed by atoms with van der Waals surface area (Å²) < 4.78 is 15.5. The molecule has 14 heavy (non-hydrogen) atoms. The lowest BCUT2D eigenvalue weighted by atomic mass is 10.4. The minimum Gasteiger partial charge on any atom is -0.468 e. The predicted octanol–water partition coefficient (Wildman–Crippen LogP) is 0.281. The molecule has 0 saturated carbocycles. The van der Waals surface area contributed by atoms with Gasteiger partial charge in [-0.05, 0) is 0 Å². The van der Waals surface area contributed by atoms with E-state index in [1.807, 2.05) is 6.92 Å². The number of carbonyl (C=O) groups is 1. The molecule has 0 fully saturated rings. The molecule has 0 radical (unpaired) electrons. The minimum absolute atomic E-state index is 0.297. The van der Waals surface area contributed by atoms with Crippen molar-refractivity contribution in [1.29, 1.82) is 0 Å². The Balaban J connectivity index is 3.45. The Kier molecular flexibility index (Phi) is 8.41. The van der Waals surface area contributed by atoms with Crippen molar-refractivity contribution in [1.82, 2.24) is 5.32 Å². The van der Waals surface area contributed by atoms with Crippen molar-refractivity contribution < 1.29 is 13.7 Å². The molecule has 84 valence electrons. The second-order valence-corrected chi connectivity index (χ2v) is 5.60. The fourth-order valence-electron chi connectivity index (χ4n) is 0.770. The van der Waals surface area contributed by atoms with Gasteiger partial charge in [0.05, 0.1) is 7.11 Å². The zero-order valence-electron chi connectivity index (χ0n) is 8.42. The molecular weight excluding hydrogens is 270 g/mol. The molecule has 4 nitrogen and oxygen atoms in total. The molecule has 0 aliphatic rings. The largest absolute Gasteiger partial charge is 0.468 e. The van der Waals surface area contributed by atoms with Crippen LogP contribution in [0.25, 0.3) is 0 Å². The van der Waals surface area contributed by atoms with Gasteiger partial charge < -0.3 is 10.1 Å². The zero-order chi connectivity index (χ0) is 11.0. The van der Waals surface area contributed by atoms with Gasteiger partial charge in [-0.3, -0.25) is 9.00 Å². The van der Waals surface area contributed by atoms with E-state index in [0.717, 1.165) is 0 Å². The summed E-state index contributed by atoms with van der Waals surface area (Å²) in [5, 5.41) is 3.02. The highest BCUT2D eigenvalue weighted by Crippen LogP contribution is 1.99. The van der Waals surface area contributed by atoms with Crippen molar-refractivity contribution in [2.75, 3.05) is 31.7 Å². The van der Waals surface area contributed by atoms with Crippen molar-refractivity contribution in [3.8, 4) is 0 Å². The van der Waals surface area contributed by atoms with Crippen LogP contribution >= 0.6 is 15.9 Å². The van der Waals surface area contributed by atoms with Gasteiger partial charge in [0, 0.05) is 35.4 Å². The molecule has 0 bridgehead atoms. The third kappa shape index (κ3) is 6.50. The van der Waals surface area contributed by atoms with Crippen LogP contribution in [0.3, 0.4) is 0 Å². The smallest absolute Gasteiger partial charge is 0.320 e. The molecule has 0 amide bonds. The van der Waals surface area contributed by atoms with Crippen LogP contribution in [0.4, 0.5) is 0 Å². The molecule has 0 aliphatic heterocycles. The molecule has 0 aromatic heterocycles. The van der Waals surface area contributed by atoms with Crippen LogP contribution in [0, 0.1) is 0 Å². The van der Waals surface area contributed by atoms with E-state index < -0.39 is 10.8 Å². The summed E-state index contributed by atoms with van der Waals surface area (Å²) in [5.74, 6) is 1.00. The highest BCUT2D eigenvalue weighted by atomic mass is 79.9. The number of rotatable bonds is 7. The van der Waals surface area contributed by atoms with Gasteiger partial charge in [-0.25, -0.2) is 0 Å². The molecule has 0 aromatic carbocycles. The molecule has 0 heterocycles. The van der Waals surface area contributed by atoms with Crippen LogP contribution in [-0.2, 0) is 20.3 Å². The van der Waals surface area contributed by atoms with E-state index in [9.17, 15) is 9.00 Å². The van der Waals surface area contributed by atoms with Crippen LogP contribution in [0.2, 0.25) is 0 Å². The number of carbonyl (C=O) groups excluding carboxylic acids is 1. The molecule has 0 rings (SSSR count).